The lowest BCUT2D eigenvalue weighted by Crippen LogP contribution is -2.39. The third kappa shape index (κ3) is 5.75. The predicted molar refractivity (Wildman–Crippen MR) is 120 cm³/mol. The maximum absolute atomic E-state index is 12.9. The van der Waals surface area contributed by atoms with E-state index in [9.17, 15) is 22.8 Å². The van der Waals surface area contributed by atoms with Gasteiger partial charge in [0.2, 0.25) is 17.8 Å². The quantitative estimate of drug-likeness (QED) is 0.593. The fourth-order valence-corrected chi connectivity index (χ4v) is 4.12. The van der Waals surface area contributed by atoms with Crippen LogP contribution in [0.2, 0.25) is 0 Å². The van der Waals surface area contributed by atoms with Gasteiger partial charge in [0, 0.05) is 38.3 Å². The van der Waals surface area contributed by atoms with Crippen molar-refractivity contribution in [3.63, 3.8) is 0 Å². The summed E-state index contributed by atoms with van der Waals surface area (Å²) in [6, 6.07) is 7.51. The van der Waals surface area contributed by atoms with Crippen LogP contribution in [0.15, 0.2) is 30.5 Å². The molecule has 1 unspecified atom stereocenters. The van der Waals surface area contributed by atoms with Crippen LogP contribution in [0, 0.1) is 18.8 Å². The van der Waals surface area contributed by atoms with Gasteiger partial charge >= 0.3 is 6.18 Å². The zero-order valence-electron chi connectivity index (χ0n) is 18.8. The SMILES string of the molecule is Cc1nc(N2CCC(C(F)(F)F)CC2)ncc1Nc1ccc(CNC(=O)C2CNC(=O)C2)cc1. The molecule has 34 heavy (non-hydrogen) atoms. The van der Waals surface area contributed by atoms with Gasteiger partial charge in [-0.1, -0.05) is 12.1 Å². The molecule has 0 aliphatic carbocycles. The monoisotopic (exact) mass is 476 g/mol. The van der Waals surface area contributed by atoms with Crippen molar-refractivity contribution in [1.29, 1.82) is 0 Å². The van der Waals surface area contributed by atoms with Crippen molar-refractivity contribution in [2.24, 2.45) is 11.8 Å². The van der Waals surface area contributed by atoms with E-state index in [1.807, 2.05) is 31.2 Å². The lowest BCUT2D eigenvalue weighted by atomic mass is 9.96. The summed E-state index contributed by atoms with van der Waals surface area (Å²) in [5.74, 6) is -1.39. The molecule has 0 saturated carbocycles. The van der Waals surface area contributed by atoms with Gasteiger partial charge in [-0.3, -0.25) is 9.59 Å². The third-order valence-electron chi connectivity index (χ3n) is 6.26. The molecule has 0 spiro atoms. The highest BCUT2D eigenvalue weighted by molar-refractivity contribution is 5.89. The number of aromatic nitrogens is 2. The minimum Gasteiger partial charge on any atom is -0.355 e. The van der Waals surface area contributed by atoms with Crippen LogP contribution in [0.1, 0.15) is 30.5 Å². The standard InChI is InChI=1S/C23H27F3N6O2/c1-14-19(13-29-22(30-14)32-8-6-17(7-9-32)23(24,25)26)31-18-4-2-15(3-5-18)11-28-21(34)16-10-20(33)27-12-16/h2-5,13,16-17,31H,6-12H2,1H3,(H,27,33)(H,28,34). The third-order valence-corrected chi connectivity index (χ3v) is 6.26. The van der Waals surface area contributed by atoms with Crippen molar-refractivity contribution in [3.8, 4) is 0 Å². The maximum atomic E-state index is 12.9. The number of alkyl halides is 3. The van der Waals surface area contributed by atoms with Crippen LogP contribution in [-0.2, 0) is 16.1 Å². The van der Waals surface area contributed by atoms with Crippen molar-refractivity contribution in [2.75, 3.05) is 29.9 Å². The molecule has 2 aromatic rings. The molecule has 0 radical (unpaired) electrons. The van der Waals surface area contributed by atoms with Crippen LogP contribution in [0.3, 0.4) is 0 Å². The molecular weight excluding hydrogens is 449 g/mol. The van der Waals surface area contributed by atoms with Gasteiger partial charge in [-0.2, -0.15) is 13.2 Å². The van der Waals surface area contributed by atoms with Crippen molar-refractivity contribution >= 4 is 29.1 Å². The van der Waals surface area contributed by atoms with Gasteiger partial charge in [0.1, 0.15) is 0 Å². The van der Waals surface area contributed by atoms with Crippen molar-refractivity contribution in [1.82, 2.24) is 20.6 Å². The molecule has 1 atom stereocenters. The number of halogens is 3. The fourth-order valence-electron chi connectivity index (χ4n) is 4.12. The highest BCUT2D eigenvalue weighted by Crippen LogP contribution is 2.35. The minimum atomic E-state index is -4.15. The van der Waals surface area contributed by atoms with E-state index >= 15 is 0 Å². The Morgan fingerprint density at radius 1 is 1.21 bits per heavy atom. The Kier molecular flexibility index (Phi) is 6.90. The number of hydrogen-bond donors (Lipinski definition) is 3. The molecule has 1 aromatic carbocycles. The van der Waals surface area contributed by atoms with E-state index in [0.29, 0.717) is 30.4 Å². The first-order valence-electron chi connectivity index (χ1n) is 11.2. The van der Waals surface area contributed by atoms with E-state index < -0.39 is 12.1 Å². The largest absolute Gasteiger partial charge is 0.391 e. The molecule has 0 bridgehead atoms. The van der Waals surface area contributed by atoms with Gasteiger partial charge in [-0.05, 0) is 37.5 Å². The Morgan fingerprint density at radius 2 is 1.91 bits per heavy atom. The van der Waals surface area contributed by atoms with Crippen LogP contribution in [0.4, 0.5) is 30.5 Å². The molecule has 182 valence electrons. The highest BCUT2D eigenvalue weighted by atomic mass is 19.4. The minimum absolute atomic E-state index is 0.0500. The number of benzene rings is 1. The lowest BCUT2D eigenvalue weighted by Gasteiger charge is -2.33. The molecule has 4 rings (SSSR count). The summed E-state index contributed by atoms with van der Waals surface area (Å²) in [6.45, 7) is 3.12. The maximum Gasteiger partial charge on any atom is 0.391 e. The highest BCUT2D eigenvalue weighted by Gasteiger charge is 2.41. The van der Waals surface area contributed by atoms with Crippen molar-refractivity contribution in [2.45, 2.75) is 38.9 Å². The Hall–Kier alpha value is -3.37. The second-order valence-electron chi connectivity index (χ2n) is 8.72. The summed E-state index contributed by atoms with van der Waals surface area (Å²) in [7, 11) is 0. The molecule has 11 heteroatoms. The van der Waals surface area contributed by atoms with Gasteiger partial charge < -0.3 is 20.9 Å². The second-order valence-corrected chi connectivity index (χ2v) is 8.72. The molecule has 2 saturated heterocycles. The van der Waals surface area contributed by atoms with Crippen LogP contribution >= 0.6 is 0 Å². The van der Waals surface area contributed by atoms with Gasteiger partial charge in [-0.25, -0.2) is 9.97 Å². The van der Waals surface area contributed by atoms with Crippen LogP contribution in [-0.4, -0.2) is 47.6 Å². The summed E-state index contributed by atoms with van der Waals surface area (Å²) in [6.07, 6.45) is -2.19. The van der Waals surface area contributed by atoms with Gasteiger partial charge in [0.25, 0.3) is 0 Å². The first kappa shape index (κ1) is 23.8. The number of aryl methyl sites for hydroxylation is 1. The van der Waals surface area contributed by atoms with Gasteiger partial charge in [0.05, 0.1) is 29.4 Å². The van der Waals surface area contributed by atoms with Crippen molar-refractivity contribution < 1.29 is 22.8 Å². The van der Waals surface area contributed by atoms with Crippen LogP contribution in [0.5, 0.6) is 0 Å². The topological polar surface area (TPSA) is 99.2 Å². The van der Waals surface area contributed by atoms with Crippen molar-refractivity contribution in [3.05, 3.63) is 41.7 Å². The number of carbonyl (C=O) groups is 2. The Morgan fingerprint density at radius 3 is 2.50 bits per heavy atom. The summed E-state index contributed by atoms with van der Waals surface area (Å²) in [4.78, 5) is 34.0. The van der Waals surface area contributed by atoms with E-state index in [4.69, 9.17) is 0 Å². The zero-order valence-corrected chi connectivity index (χ0v) is 18.8. The first-order valence-corrected chi connectivity index (χ1v) is 11.2. The molecular formula is C23H27F3N6O2. The molecule has 8 nitrogen and oxygen atoms in total. The molecule has 2 aliphatic rings. The van der Waals surface area contributed by atoms with Gasteiger partial charge in [-0.15, -0.1) is 0 Å². The normalized spacial score (nSPS) is 19.1. The van der Waals surface area contributed by atoms with Crippen LogP contribution in [0.25, 0.3) is 0 Å². The summed E-state index contributed by atoms with van der Waals surface area (Å²) < 4.78 is 38.7. The zero-order chi connectivity index (χ0) is 24.3. The molecule has 1 aromatic heterocycles. The number of nitrogens with one attached hydrogen (secondary N) is 3. The number of nitrogens with zero attached hydrogens (tertiary/aromatic N) is 3. The van der Waals surface area contributed by atoms with E-state index in [-0.39, 0.29) is 50.1 Å². The smallest absolute Gasteiger partial charge is 0.355 e. The molecule has 2 fully saturated rings. The summed E-state index contributed by atoms with van der Waals surface area (Å²) in [5, 5.41) is 8.75. The second kappa shape index (κ2) is 9.86. The number of hydrogen-bond acceptors (Lipinski definition) is 6. The summed E-state index contributed by atoms with van der Waals surface area (Å²) in [5.41, 5.74) is 3.13. The average molecular weight is 477 g/mol. The van der Waals surface area contributed by atoms with E-state index in [1.165, 1.54) is 0 Å². The number of carbonyl (C=O) groups excluding carboxylic acids is 2. The lowest BCUT2D eigenvalue weighted by molar-refractivity contribution is -0.179. The fraction of sp³-hybridized carbons (Fsp3) is 0.478. The molecule has 3 N–H and O–H groups in total. The average Bonchev–Trinajstić information content (AvgIpc) is 3.25. The number of piperidine rings is 1. The van der Waals surface area contributed by atoms with E-state index in [2.05, 4.69) is 25.9 Å². The van der Waals surface area contributed by atoms with E-state index in [0.717, 1.165) is 11.3 Å². The molecule has 3 heterocycles. The number of anilines is 3. The molecule has 2 amide bonds. The Labute approximate surface area is 195 Å². The number of rotatable bonds is 6. The van der Waals surface area contributed by atoms with Crippen LogP contribution < -0.4 is 20.9 Å². The van der Waals surface area contributed by atoms with E-state index in [1.54, 1.807) is 11.1 Å². The first-order chi connectivity index (χ1) is 16.2. The number of amides is 2. The Balaban J connectivity index is 1.30. The Bertz CT molecular complexity index is 1040. The summed E-state index contributed by atoms with van der Waals surface area (Å²) >= 11 is 0. The predicted octanol–water partition coefficient (Wildman–Crippen LogP) is 3.06. The molecule has 2 aliphatic heterocycles. The van der Waals surface area contributed by atoms with Gasteiger partial charge in [0.15, 0.2) is 0 Å².